The number of rotatable bonds is 9. The zero-order chi connectivity index (χ0) is 14.1. The summed E-state index contributed by atoms with van der Waals surface area (Å²) in [5.41, 5.74) is 5.45. The molecule has 1 saturated heterocycles. The van der Waals surface area contributed by atoms with Crippen LogP contribution in [0.5, 0.6) is 0 Å². The van der Waals surface area contributed by atoms with Crippen molar-refractivity contribution < 1.29 is 4.74 Å². The van der Waals surface area contributed by atoms with Gasteiger partial charge in [-0.3, -0.25) is 5.41 Å². The first-order chi connectivity index (χ1) is 9.13. The average Bonchev–Trinajstić information content (AvgIpc) is 2.39. The lowest BCUT2D eigenvalue weighted by Crippen LogP contribution is -2.40. The molecule has 5 nitrogen and oxygen atoms in total. The molecular weight excluding hydrogens is 240 g/mol. The van der Waals surface area contributed by atoms with E-state index in [1.54, 1.807) is 7.11 Å². The van der Waals surface area contributed by atoms with Crippen molar-refractivity contribution >= 4 is 5.84 Å². The van der Waals surface area contributed by atoms with Gasteiger partial charge >= 0.3 is 0 Å². The molecule has 0 radical (unpaired) electrons. The van der Waals surface area contributed by atoms with Crippen LogP contribution in [0.15, 0.2) is 0 Å². The Morgan fingerprint density at radius 1 is 1.37 bits per heavy atom. The normalized spacial score (nSPS) is 20.9. The Balaban J connectivity index is 2.31. The Morgan fingerprint density at radius 3 is 2.79 bits per heavy atom. The van der Waals surface area contributed by atoms with Crippen molar-refractivity contribution in [3.05, 3.63) is 0 Å². The van der Waals surface area contributed by atoms with Crippen LogP contribution >= 0.6 is 0 Å². The molecule has 0 aromatic carbocycles. The molecule has 19 heavy (non-hydrogen) atoms. The molecule has 0 saturated carbocycles. The van der Waals surface area contributed by atoms with Gasteiger partial charge in [0.25, 0.3) is 0 Å². The van der Waals surface area contributed by atoms with E-state index >= 15 is 0 Å². The van der Waals surface area contributed by atoms with Crippen molar-refractivity contribution in [2.24, 2.45) is 5.73 Å². The first kappa shape index (κ1) is 16.4. The van der Waals surface area contributed by atoms with Gasteiger partial charge in [-0.2, -0.15) is 0 Å². The summed E-state index contributed by atoms with van der Waals surface area (Å²) in [6.07, 6.45) is 5.88. The molecule has 1 heterocycles. The van der Waals surface area contributed by atoms with E-state index in [-0.39, 0.29) is 5.84 Å². The van der Waals surface area contributed by atoms with Gasteiger partial charge in [-0.15, -0.1) is 0 Å². The quantitative estimate of drug-likeness (QED) is 0.487. The van der Waals surface area contributed by atoms with E-state index in [0.717, 1.165) is 32.3 Å². The van der Waals surface area contributed by atoms with Gasteiger partial charge in [0.15, 0.2) is 0 Å². The second-order valence-electron chi connectivity index (χ2n) is 5.53. The van der Waals surface area contributed by atoms with E-state index in [9.17, 15) is 0 Å². The molecule has 0 aromatic heterocycles. The molecule has 3 N–H and O–H groups in total. The standard InChI is InChI=1S/C14H30N4O/c1-17-8-4-3-5-13(17)6-9-18(11-12-19-2)10-7-14(15)16/h13H,3-12H2,1-2H3,(H3,15,16). The lowest BCUT2D eigenvalue weighted by molar-refractivity contribution is 0.126. The molecule has 112 valence electrons. The number of piperidine rings is 1. The van der Waals surface area contributed by atoms with Crippen molar-refractivity contribution in [1.82, 2.24) is 9.80 Å². The zero-order valence-electron chi connectivity index (χ0n) is 12.5. The highest BCUT2D eigenvalue weighted by atomic mass is 16.5. The van der Waals surface area contributed by atoms with Crippen molar-refractivity contribution in [1.29, 1.82) is 5.41 Å². The van der Waals surface area contributed by atoms with E-state index in [4.69, 9.17) is 15.9 Å². The topological polar surface area (TPSA) is 65.6 Å². The van der Waals surface area contributed by atoms with Crippen LogP contribution in [0, 0.1) is 5.41 Å². The number of hydrogen-bond donors (Lipinski definition) is 2. The molecular formula is C14H30N4O. The molecule has 0 aliphatic carbocycles. The number of nitrogens with one attached hydrogen (secondary N) is 1. The molecule has 1 aliphatic heterocycles. The monoisotopic (exact) mass is 270 g/mol. The average molecular weight is 270 g/mol. The SMILES string of the molecule is COCCN(CCC(=N)N)CCC1CCCCN1C. The lowest BCUT2D eigenvalue weighted by atomic mass is 10.00. The van der Waals surface area contributed by atoms with Crippen LogP contribution in [0.3, 0.4) is 0 Å². The van der Waals surface area contributed by atoms with Crippen LogP contribution < -0.4 is 5.73 Å². The van der Waals surface area contributed by atoms with E-state index in [1.807, 2.05) is 0 Å². The molecule has 5 heteroatoms. The van der Waals surface area contributed by atoms with Crippen LogP contribution in [-0.4, -0.2) is 68.6 Å². The van der Waals surface area contributed by atoms with E-state index in [1.165, 1.54) is 32.2 Å². The Morgan fingerprint density at radius 2 is 2.16 bits per heavy atom. The highest BCUT2D eigenvalue weighted by Gasteiger charge is 2.19. The first-order valence-corrected chi connectivity index (χ1v) is 7.38. The molecule has 1 aliphatic rings. The molecule has 0 spiro atoms. The van der Waals surface area contributed by atoms with Crippen molar-refractivity contribution in [2.75, 3.05) is 46.9 Å². The third-order valence-electron chi connectivity index (χ3n) is 4.01. The molecule has 1 rings (SSSR count). The third-order valence-corrected chi connectivity index (χ3v) is 4.01. The number of methoxy groups -OCH3 is 1. The summed E-state index contributed by atoms with van der Waals surface area (Å²) in [7, 11) is 3.97. The highest BCUT2D eigenvalue weighted by molar-refractivity contribution is 5.76. The maximum absolute atomic E-state index is 7.34. The van der Waals surface area contributed by atoms with Gasteiger partial charge in [-0.05, 0) is 39.4 Å². The van der Waals surface area contributed by atoms with Crippen LogP contribution in [0.4, 0.5) is 0 Å². The molecule has 1 fully saturated rings. The van der Waals surface area contributed by atoms with Crippen molar-refractivity contribution in [3.63, 3.8) is 0 Å². The molecule has 1 unspecified atom stereocenters. The predicted molar refractivity (Wildman–Crippen MR) is 79.7 cm³/mol. The van der Waals surface area contributed by atoms with Gasteiger partial charge in [0.1, 0.15) is 0 Å². The van der Waals surface area contributed by atoms with Crippen LogP contribution in [0.2, 0.25) is 0 Å². The van der Waals surface area contributed by atoms with Crippen molar-refractivity contribution in [2.45, 2.75) is 38.1 Å². The Kier molecular flexibility index (Phi) is 8.02. The Labute approximate surface area is 117 Å². The fourth-order valence-corrected chi connectivity index (χ4v) is 2.67. The maximum atomic E-state index is 7.34. The minimum absolute atomic E-state index is 0.275. The van der Waals surface area contributed by atoms with E-state index < -0.39 is 0 Å². The summed E-state index contributed by atoms with van der Waals surface area (Å²) in [5.74, 6) is 0.275. The summed E-state index contributed by atoms with van der Waals surface area (Å²) in [4.78, 5) is 4.86. The second kappa shape index (κ2) is 9.28. The smallest absolute Gasteiger partial charge is 0.0918 e. The number of ether oxygens (including phenoxy) is 1. The van der Waals surface area contributed by atoms with Gasteiger partial charge in [0.05, 0.1) is 12.4 Å². The number of likely N-dealkylation sites (tertiary alicyclic amines) is 1. The van der Waals surface area contributed by atoms with Gasteiger partial charge < -0.3 is 20.3 Å². The third kappa shape index (κ3) is 6.89. The number of nitrogens with two attached hydrogens (primary N) is 1. The van der Waals surface area contributed by atoms with Gasteiger partial charge in [0, 0.05) is 32.7 Å². The molecule has 0 amide bonds. The van der Waals surface area contributed by atoms with Gasteiger partial charge in [-0.1, -0.05) is 6.42 Å². The van der Waals surface area contributed by atoms with E-state index in [2.05, 4.69) is 16.8 Å². The highest BCUT2D eigenvalue weighted by Crippen LogP contribution is 2.18. The fraction of sp³-hybridized carbons (Fsp3) is 0.929. The van der Waals surface area contributed by atoms with Crippen LogP contribution in [0.25, 0.3) is 0 Å². The number of amidine groups is 1. The second-order valence-corrected chi connectivity index (χ2v) is 5.53. The van der Waals surface area contributed by atoms with Crippen molar-refractivity contribution in [3.8, 4) is 0 Å². The zero-order valence-corrected chi connectivity index (χ0v) is 12.5. The predicted octanol–water partition coefficient (Wildman–Crippen LogP) is 1.14. The Hall–Kier alpha value is -0.650. The van der Waals surface area contributed by atoms with Gasteiger partial charge in [0.2, 0.25) is 0 Å². The minimum atomic E-state index is 0.275. The molecule has 1 atom stereocenters. The Bertz CT molecular complexity index is 260. The van der Waals surface area contributed by atoms with E-state index in [0.29, 0.717) is 6.42 Å². The first-order valence-electron chi connectivity index (χ1n) is 7.38. The van der Waals surface area contributed by atoms with Crippen LogP contribution in [-0.2, 0) is 4.74 Å². The minimum Gasteiger partial charge on any atom is -0.388 e. The maximum Gasteiger partial charge on any atom is 0.0918 e. The number of nitrogens with zero attached hydrogens (tertiary/aromatic N) is 2. The lowest BCUT2D eigenvalue weighted by Gasteiger charge is -2.34. The van der Waals surface area contributed by atoms with Crippen LogP contribution in [0.1, 0.15) is 32.1 Å². The summed E-state index contributed by atoms with van der Waals surface area (Å²) >= 11 is 0. The summed E-state index contributed by atoms with van der Waals surface area (Å²) in [6, 6.07) is 0.719. The number of hydrogen-bond acceptors (Lipinski definition) is 4. The molecule has 0 bridgehead atoms. The fourth-order valence-electron chi connectivity index (χ4n) is 2.67. The molecule has 0 aromatic rings. The van der Waals surface area contributed by atoms with Gasteiger partial charge in [-0.25, -0.2) is 0 Å². The largest absolute Gasteiger partial charge is 0.388 e. The summed E-state index contributed by atoms with van der Waals surface area (Å²) < 4.78 is 5.16. The summed E-state index contributed by atoms with van der Waals surface area (Å²) in [5, 5.41) is 7.34. The summed E-state index contributed by atoms with van der Waals surface area (Å²) in [6.45, 7) is 4.86.